The molecule has 1 aromatic heterocycles. The van der Waals surface area contributed by atoms with Crippen LogP contribution < -0.4 is 10.2 Å². The second kappa shape index (κ2) is 5.06. The second-order valence-electron chi connectivity index (χ2n) is 4.17. The van der Waals surface area contributed by atoms with Gasteiger partial charge in [0.15, 0.2) is 0 Å². The highest BCUT2D eigenvalue weighted by atomic mass is 32.1. The van der Waals surface area contributed by atoms with E-state index in [1.54, 1.807) is 18.4 Å². The third-order valence-corrected chi connectivity index (χ3v) is 4.53. The average molecular weight is 254 g/mol. The van der Waals surface area contributed by atoms with Crippen LogP contribution >= 0.6 is 11.3 Å². The molecule has 1 amide bonds. The quantitative estimate of drug-likeness (QED) is 0.889. The third-order valence-electron chi connectivity index (χ3n) is 2.99. The Hall–Kier alpha value is -1.07. The highest BCUT2D eigenvalue weighted by molar-refractivity contribution is 7.16. The van der Waals surface area contributed by atoms with Crippen LogP contribution in [-0.4, -0.2) is 26.7 Å². The predicted molar refractivity (Wildman–Crippen MR) is 69.5 cm³/mol. The van der Waals surface area contributed by atoms with E-state index in [1.165, 1.54) is 21.0 Å². The van der Waals surface area contributed by atoms with Crippen molar-refractivity contribution in [2.75, 3.05) is 25.7 Å². The van der Waals surface area contributed by atoms with Crippen molar-refractivity contribution in [3.8, 4) is 0 Å². The van der Waals surface area contributed by atoms with Crippen LogP contribution in [0.4, 0.5) is 5.00 Å². The van der Waals surface area contributed by atoms with Gasteiger partial charge in [-0.3, -0.25) is 4.79 Å². The first kappa shape index (κ1) is 12.4. The maximum Gasteiger partial charge on any atom is 0.224 e. The summed E-state index contributed by atoms with van der Waals surface area (Å²) in [5.74, 6) is 0.0635. The number of nitrogens with one attached hydrogen (secondary N) is 1. The SMILES string of the molecule is CCc1sc2c(c1CC(=O)NC)COCN2C. The molecule has 17 heavy (non-hydrogen) atoms. The van der Waals surface area contributed by atoms with Crippen molar-refractivity contribution >= 4 is 22.2 Å². The summed E-state index contributed by atoms with van der Waals surface area (Å²) in [6, 6.07) is 0. The molecule has 4 nitrogen and oxygen atoms in total. The van der Waals surface area contributed by atoms with Crippen LogP contribution in [0.3, 0.4) is 0 Å². The number of hydrogen-bond donors (Lipinski definition) is 1. The Morgan fingerprint density at radius 3 is 3.00 bits per heavy atom. The summed E-state index contributed by atoms with van der Waals surface area (Å²) in [5, 5.41) is 3.94. The number of aryl methyl sites for hydroxylation is 1. The lowest BCUT2D eigenvalue weighted by Gasteiger charge is -2.24. The van der Waals surface area contributed by atoms with E-state index in [0.717, 1.165) is 6.42 Å². The first-order chi connectivity index (χ1) is 8.17. The number of thiophene rings is 1. The Kier molecular flexibility index (Phi) is 3.69. The smallest absolute Gasteiger partial charge is 0.224 e. The zero-order chi connectivity index (χ0) is 12.4. The number of carbonyl (C=O) groups excluding carboxylic acids is 1. The fourth-order valence-corrected chi connectivity index (χ4v) is 3.29. The molecular weight excluding hydrogens is 236 g/mol. The molecule has 0 aromatic carbocycles. The summed E-state index contributed by atoms with van der Waals surface area (Å²) >= 11 is 1.79. The standard InChI is InChI=1S/C12H18N2O2S/c1-4-10-8(5-11(15)13-2)9-6-16-7-14(3)12(9)17-10/h4-7H2,1-3H3,(H,13,15). The van der Waals surface area contributed by atoms with Crippen LogP contribution in [0.25, 0.3) is 0 Å². The fourth-order valence-electron chi connectivity index (χ4n) is 2.08. The number of nitrogens with zero attached hydrogens (tertiary/aromatic N) is 1. The molecule has 5 heteroatoms. The van der Waals surface area contributed by atoms with Gasteiger partial charge in [-0.25, -0.2) is 0 Å². The van der Waals surface area contributed by atoms with Gasteiger partial charge in [-0.1, -0.05) is 6.92 Å². The molecule has 2 rings (SSSR count). The molecule has 0 saturated heterocycles. The van der Waals surface area contributed by atoms with E-state index in [-0.39, 0.29) is 5.91 Å². The monoisotopic (exact) mass is 254 g/mol. The maximum atomic E-state index is 11.6. The summed E-state index contributed by atoms with van der Waals surface area (Å²) in [4.78, 5) is 15.0. The summed E-state index contributed by atoms with van der Waals surface area (Å²) in [7, 11) is 3.70. The van der Waals surface area contributed by atoms with E-state index in [2.05, 4.69) is 17.1 Å². The molecule has 1 aromatic rings. The van der Waals surface area contributed by atoms with Gasteiger partial charge >= 0.3 is 0 Å². The van der Waals surface area contributed by atoms with E-state index in [1.807, 2.05) is 7.05 Å². The molecule has 0 fully saturated rings. The van der Waals surface area contributed by atoms with Gasteiger partial charge < -0.3 is 15.0 Å². The van der Waals surface area contributed by atoms with Crippen molar-refractivity contribution in [2.45, 2.75) is 26.4 Å². The van der Waals surface area contributed by atoms with Gasteiger partial charge in [0.25, 0.3) is 0 Å². The molecule has 2 heterocycles. The number of rotatable bonds is 3. The topological polar surface area (TPSA) is 41.6 Å². The largest absolute Gasteiger partial charge is 0.359 e. The molecule has 0 saturated carbocycles. The van der Waals surface area contributed by atoms with E-state index in [0.29, 0.717) is 19.8 Å². The lowest BCUT2D eigenvalue weighted by Crippen LogP contribution is -2.26. The lowest BCUT2D eigenvalue weighted by molar-refractivity contribution is -0.119. The van der Waals surface area contributed by atoms with Crippen LogP contribution in [0, 0.1) is 0 Å². The summed E-state index contributed by atoms with van der Waals surface area (Å²) in [6.07, 6.45) is 1.43. The van der Waals surface area contributed by atoms with E-state index in [9.17, 15) is 4.79 Å². The van der Waals surface area contributed by atoms with Gasteiger partial charge in [0.2, 0.25) is 5.91 Å². The minimum absolute atomic E-state index is 0.0635. The van der Waals surface area contributed by atoms with E-state index in [4.69, 9.17) is 4.74 Å². The van der Waals surface area contributed by atoms with Gasteiger partial charge in [-0.05, 0) is 12.0 Å². The minimum Gasteiger partial charge on any atom is -0.359 e. The normalized spacial score (nSPS) is 14.6. The van der Waals surface area contributed by atoms with Crippen LogP contribution in [-0.2, 0) is 29.0 Å². The number of likely N-dealkylation sites (N-methyl/N-ethyl adjacent to an activating group) is 1. The highest BCUT2D eigenvalue weighted by Gasteiger charge is 2.24. The first-order valence-corrected chi connectivity index (χ1v) is 6.61. The average Bonchev–Trinajstić information content (AvgIpc) is 2.69. The molecule has 0 radical (unpaired) electrons. The van der Waals surface area contributed by atoms with Gasteiger partial charge in [0.05, 0.1) is 18.0 Å². The van der Waals surface area contributed by atoms with Gasteiger partial charge in [0.1, 0.15) is 6.73 Å². The Bertz CT molecular complexity index is 428. The van der Waals surface area contributed by atoms with Crippen LogP contribution in [0.15, 0.2) is 0 Å². The van der Waals surface area contributed by atoms with Crippen molar-refractivity contribution < 1.29 is 9.53 Å². The molecule has 1 N–H and O–H groups in total. The molecular formula is C12H18N2O2S. The molecule has 0 unspecified atom stereocenters. The Morgan fingerprint density at radius 2 is 2.35 bits per heavy atom. The van der Waals surface area contributed by atoms with Gasteiger partial charge in [0, 0.05) is 24.5 Å². The van der Waals surface area contributed by atoms with Crippen molar-refractivity contribution in [1.82, 2.24) is 5.32 Å². The third kappa shape index (κ3) is 2.30. The second-order valence-corrected chi connectivity index (χ2v) is 5.25. The van der Waals surface area contributed by atoms with Crippen LogP contribution in [0.5, 0.6) is 0 Å². The Balaban J connectivity index is 2.38. The number of fused-ring (bicyclic) bond motifs is 1. The highest BCUT2D eigenvalue weighted by Crippen LogP contribution is 2.39. The summed E-state index contributed by atoms with van der Waals surface area (Å²) in [5.41, 5.74) is 2.36. The van der Waals surface area contributed by atoms with E-state index < -0.39 is 0 Å². The first-order valence-electron chi connectivity index (χ1n) is 5.80. The number of anilines is 1. The van der Waals surface area contributed by atoms with Crippen LogP contribution in [0.1, 0.15) is 22.9 Å². The molecule has 94 valence electrons. The van der Waals surface area contributed by atoms with Crippen molar-refractivity contribution in [2.24, 2.45) is 0 Å². The van der Waals surface area contributed by atoms with Crippen molar-refractivity contribution in [3.63, 3.8) is 0 Å². The maximum absolute atomic E-state index is 11.6. The number of ether oxygens (including phenoxy) is 1. The number of hydrogen-bond acceptors (Lipinski definition) is 4. The fraction of sp³-hybridized carbons (Fsp3) is 0.583. The molecule has 0 spiro atoms. The van der Waals surface area contributed by atoms with Crippen molar-refractivity contribution in [3.05, 3.63) is 16.0 Å². The molecule has 0 bridgehead atoms. The molecule has 1 aliphatic heterocycles. The Morgan fingerprint density at radius 1 is 1.59 bits per heavy atom. The number of carbonyl (C=O) groups is 1. The van der Waals surface area contributed by atoms with Gasteiger partial charge in [-0.15, -0.1) is 11.3 Å². The van der Waals surface area contributed by atoms with E-state index >= 15 is 0 Å². The zero-order valence-electron chi connectivity index (χ0n) is 10.5. The summed E-state index contributed by atoms with van der Waals surface area (Å²) < 4.78 is 5.52. The zero-order valence-corrected chi connectivity index (χ0v) is 11.3. The molecule has 0 atom stereocenters. The molecule has 0 aliphatic carbocycles. The number of amides is 1. The predicted octanol–water partition coefficient (Wildman–Crippen LogP) is 1.52. The van der Waals surface area contributed by atoms with Gasteiger partial charge in [-0.2, -0.15) is 0 Å². The van der Waals surface area contributed by atoms with Crippen LogP contribution in [0.2, 0.25) is 0 Å². The molecule has 1 aliphatic rings. The Labute approximate surface area is 106 Å². The van der Waals surface area contributed by atoms with Crippen molar-refractivity contribution in [1.29, 1.82) is 0 Å². The lowest BCUT2D eigenvalue weighted by atomic mass is 10.0. The minimum atomic E-state index is 0.0635. The summed E-state index contributed by atoms with van der Waals surface area (Å²) in [6.45, 7) is 3.39.